The van der Waals surface area contributed by atoms with Crippen LogP contribution in [0.3, 0.4) is 0 Å². The van der Waals surface area contributed by atoms with Crippen molar-refractivity contribution in [2.45, 2.75) is 0 Å². The summed E-state index contributed by atoms with van der Waals surface area (Å²) in [6, 6.07) is 6.57. The molecule has 6 heteroatoms. The van der Waals surface area contributed by atoms with Crippen LogP contribution in [0.4, 0.5) is 5.69 Å². The van der Waals surface area contributed by atoms with Crippen molar-refractivity contribution in [1.29, 1.82) is 0 Å². The fraction of sp³-hybridized carbons (Fsp3) is 0.0833. The number of nitrogens with one attached hydrogen (secondary N) is 1. The van der Waals surface area contributed by atoms with Crippen molar-refractivity contribution in [2.24, 2.45) is 12.8 Å². The van der Waals surface area contributed by atoms with E-state index < -0.39 is 5.91 Å². The zero-order valence-electron chi connectivity index (χ0n) is 9.75. The molecule has 2 aromatic rings. The summed E-state index contributed by atoms with van der Waals surface area (Å²) in [6.45, 7) is 0. The molecule has 2 amide bonds. The van der Waals surface area contributed by atoms with Gasteiger partial charge < -0.3 is 11.1 Å². The Bertz CT molecular complexity index is 604. The Hall–Kier alpha value is -2.63. The molecule has 0 spiro atoms. The van der Waals surface area contributed by atoms with Gasteiger partial charge in [0, 0.05) is 13.2 Å². The molecule has 1 heterocycles. The first-order valence-electron chi connectivity index (χ1n) is 5.27. The van der Waals surface area contributed by atoms with Gasteiger partial charge in [-0.25, -0.2) is 0 Å². The monoisotopic (exact) mass is 244 g/mol. The maximum Gasteiger partial charge on any atom is 0.258 e. The normalized spacial score (nSPS) is 10.1. The SMILES string of the molecule is Cn1cc(C(=O)Nc2ccccc2C(N)=O)cn1. The minimum absolute atomic E-state index is 0.273. The van der Waals surface area contributed by atoms with Crippen molar-refractivity contribution in [2.75, 3.05) is 5.32 Å². The van der Waals surface area contributed by atoms with Gasteiger partial charge in [0.1, 0.15) is 0 Å². The molecule has 0 fully saturated rings. The van der Waals surface area contributed by atoms with Crippen molar-refractivity contribution >= 4 is 17.5 Å². The van der Waals surface area contributed by atoms with Crippen LogP contribution in [-0.2, 0) is 7.05 Å². The summed E-state index contributed by atoms with van der Waals surface area (Å²) >= 11 is 0. The summed E-state index contributed by atoms with van der Waals surface area (Å²) in [5.41, 5.74) is 6.30. The van der Waals surface area contributed by atoms with E-state index in [9.17, 15) is 9.59 Å². The molecular weight excluding hydrogens is 232 g/mol. The predicted molar refractivity (Wildman–Crippen MR) is 66.1 cm³/mol. The van der Waals surface area contributed by atoms with E-state index in [0.29, 0.717) is 11.3 Å². The van der Waals surface area contributed by atoms with Crippen molar-refractivity contribution in [1.82, 2.24) is 9.78 Å². The molecule has 1 aromatic carbocycles. The smallest absolute Gasteiger partial charge is 0.258 e. The lowest BCUT2D eigenvalue weighted by atomic mass is 10.1. The number of rotatable bonds is 3. The van der Waals surface area contributed by atoms with Crippen LogP contribution in [0.1, 0.15) is 20.7 Å². The van der Waals surface area contributed by atoms with Gasteiger partial charge >= 0.3 is 0 Å². The molecule has 0 bridgehead atoms. The number of nitrogens with two attached hydrogens (primary N) is 1. The summed E-state index contributed by atoms with van der Waals surface area (Å²) in [5, 5.41) is 6.53. The molecule has 3 N–H and O–H groups in total. The van der Waals surface area contributed by atoms with Crippen LogP contribution in [0.2, 0.25) is 0 Å². The van der Waals surface area contributed by atoms with Crippen LogP contribution >= 0.6 is 0 Å². The van der Waals surface area contributed by atoms with Crippen LogP contribution in [0.5, 0.6) is 0 Å². The van der Waals surface area contributed by atoms with Gasteiger partial charge in [-0.15, -0.1) is 0 Å². The minimum atomic E-state index is -0.586. The first kappa shape index (κ1) is 11.8. The molecule has 2 rings (SSSR count). The van der Waals surface area contributed by atoms with Gasteiger partial charge in [-0.1, -0.05) is 12.1 Å². The van der Waals surface area contributed by atoms with Crippen molar-refractivity contribution in [3.05, 3.63) is 47.8 Å². The zero-order chi connectivity index (χ0) is 13.1. The van der Waals surface area contributed by atoms with Crippen LogP contribution in [0.25, 0.3) is 0 Å². The molecule has 1 aromatic heterocycles. The van der Waals surface area contributed by atoms with Gasteiger partial charge in [-0.05, 0) is 12.1 Å². The fourth-order valence-corrected chi connectivity index (χ4v) is 1.54. The Kier molecular flexibility index (Phi) is 3.09. The largest absolute Gasteiger partial charge is 0.366 e. The van der Waals surface area contributed by atoms with E-state index in [0.717, 1.165) is 0 Å². The lowest BCUT2D eigenvalue weighted by Crippen LogP contribution is -2.17. The number of hydrogen-bond donors (Lipinski definition) is 2. The average molecular weight is 244 g/mol. The Balaban J connectivity index is 2.24. The number of hydrogen-bond acceptors (Lipinski definition) is 3. The van der Waals surface area contributed by atoms with Gasteiger partial charge in [0.2, 0.25) is 0 Å². The molecule has 6 nitrogen and oxygen atoms in total. The van der Waals surface area contributed by atoms with Crippen molar-refractivity contribution < 1.29 is 9.59 Å². The number of amides is 2. The molecule has 18 heavy (non-hydrogen) atoms. The third-order valence-corrected chi connectivity index (χ3v) is 2.41. The molecule has 0 saturated carbocycles. The summed E-state index contributed by atoms with van der Waals surface area (Å²) in [7, 11) is 1.72. The summed E-state index contributed by atoms with van der Waals surface area (Å²) < 4.78 is 1.52. The molecule has 0 aliphatic heterocycles. The standard InChI is InChI=1S/C12H12N4O2/c1-16-7-8(6-14-16)12(18)15-10-5-3-2-4-9(10)11(13)17/h2-7H,1H3,(H2,13,17)(H,15,18). The Morgan fingerprint density at radius 1 is 1.33 bits per heavy atom. The first-order valence-corrected chi connectivity index (χ1v) is 5.27. The van der Waals surface area contributed by atoms with E-state index in [1.165, 1.54) is 10.9 Å². The van der Waals surface area contributed by atoms with E-state index in [2.05, 4.69) is 10.4 Å². The summed E-state index contributed by atoms with van der Waals surface area (Å²) in [4.78, 5) is 23.1. The number of nitrogens with zero attached hydrogens (tertiary/aromatic N) is 2. The number of anilines is 1. The summed E-state index contributed by atoms with van der Waals surface area (Å²) in [6.07, 6.45) is 3.03. The van der Waals surface area contributed by atoms with Gasteiger partial charge in [0.05, 0.1) is 23.0 Å². The van der Waals surface area contributed by atoms with E-state index in [1.54, 1.807) is 37.5 Å². The fourth-order valence-electron chi connectivity index (χ4n) is 1.54. The highest BCUT2D eigenvalue weighted by Gasteiger charge is 2.12. The highest BCUT2D eigenvalue weighted by Crippen LogP contribution is 2.15. The van der Waals surface area contributed by atoms with E-state index in [1.807, 2.05) is 0 Å². The third-order valence-electron chi connectivity index (χ3n) is 2.41. The van der Waals surface area contributed by atoms with Crippen LogP contribution < -0.4 is 11.1 Å². The van der Waals surface area contributed by atoms with E-state index in [-0.39, 0.29) is 11.5 Å². The number of para-hydroxylation sites is 1. The van der Waals surface area contributed by atoms with Crippen LogP contribution in [0, 0.1) is 0 Å². The second-order valence-electron chi connectivity index (χ2n) is 3.77. The van der Waals surface area contributed by atoms with Gasteiger partial charge in [0.25, 0.3) is 11.8 Å². The summed E-state index contributed by atoms with van der Waals surface area (Å²) in [5.74, 6) is -0.922. The number of carbonyl (C=O) groups excluding carboxylic acids is 2. The second kappa shape index (κ2) is 4.70. The molecule has 0 atom stereocenters. The molecule has 0 radical (unpaired) electrons. The zero-order valence-corrected chi connectivity index (χ0v) is 9.75. The second-order valence-corrected chi connectivity index (χ2v) is 3.77. The number of primary amides is 1. The molecule has 0 saturated heterocycles. The highest BCUT2D eigenvalue weighted by atomic mass is 16.2. The van der Waals surface area contributed by atoms with Gasteiger partial charge in [0.15, 0.2) is 0 Å². The van der Waals surface area contributed by atoms with Crippen molar-refractivity contribution in [3.63, 3.8) is 0 Å². The van der Waals surface area contributed by atoms with Gasteiger partial charge in [-0.3, -0.25) is 14.3 Å². The number of aryl methyl sites for hydroxylation is 1. The third kappa shape index (κ3) is 2.37. The predicted octanol–water partition coefficient (Wildman–Crippen LogP) is 0.771. The van der Waals surface area contributed by atoms with Crippen LogP contribution in [0.15, 0.2) is 36.7 Å². The van der Waals surface area contributed by atoms with Gasteiger partial charge in [-0.2, -0.15) is 5.10 Å². The maximum atomic E-state index is 11.9. The lowest BCUT2D eigenvalue weighted by molar-refractivity contribution is 0.100. The van der Waals surface area contributed by atoms with E-state index in [4.69, 9.17) is 5.73 Å². The Morgan fingerprint density at radius 3 is 2.67 bits per heavy atom. The molecule has 0 aliphatic carbocycles. The number of benzene rings is 1. The average Bonchev–Trinajstić information content (AvgIpc) is 2.76. The molecular formula is C12H12N4O2. The quantitative estimate of drug-likeness (QED) is 0.835. The first-order chi connectivity index (χ1) is 8.58. The lowest BCUT2D eigenvalue weighted by Gasteiger charge is -2.07. The maximum absolute atomic E-state index is 11.9. The molecule has 92 valence electrons. The number of aromatic nitrogens is 2. The minimum Gasteiger partial charge on any atom is -0.366 e. The van der Waals surface area contributed by atoms with E-state index >= 15 is 0 Å². The number of carbonyl (C=O) groups is 2. The highest BCUT2D eigenvalue weighted by molar-refractivity contribution is 6.08. The Labute approximate surface area is 103 Å². The van der Waals surface area contributed by atoms with Crippen LogP contribution in [-0.4, -0.2) is 21.6 Å². The Morgan fingerprint density at radius 2 is 2.06 bits per heavy atom. The topological polar surface area (TPSA) is 90.0 Å². The molecule has 0 aliphatic rings. The molecule has 0 unspecified atom stereocenters. The van der Waals surface area contributed by atoms with Crippen molar-refractivity contribution in [3.8, 4) is 0 Å².